The molecule has 0 atom stereocenters. The van der Waals surface area contributed by atoms with Crippen molar-refractivity contribution < 1.29 is 19.6 Å². The fourth-order valence-corrected chi connectivity index (χ4v) is 1.36. The van der Waals surface area contributed by atoms with Crippen molar-refractivity contribution in [3.05, 3.63) is 29.8 Å². The van der Waals surface area contributed by atoms with Crippen molar-refractivity contribution in [3.8, 4) is 5.75 Å². The normalized spacial score (nSPS) is 13.3. The standard InChI is InChI=1S/C17H28O4/c1-15(2,3)19-18-14-11-9-13(10-12-14)17(7,8)21-20-16(4,5)6/h9-12H,1-8H3. The Labute approximate surface area is 128 Å². The van der Waals surface area contributed by atoms with Gasteiger partial charge in [0.2, 0.25) is 0 Å². The maximum atomic E-state index is 5.56. The van der Waals surface area contributed by atoms with E-state index in [1.54, 1.807) is 0 Å². The summed E-state index contributed by atoms with van der Waals surface area (Å²) >= 11 is 0. The lowest BCUT2D eigenvalue weighted by atomic mass is 9.98. The van der Waals surface area contributed by atoms with Gasteiger partial charge < -0.3 is 4.89 Å². The Morgan fingerprint density at radius 2 is 1.10 bits per heavy atom. The summed E-state index contributed by atoms with van der Waals surface area (Å²) in [5, 5.41) is 0. The van der Waals surface area contributed by atoms with E-state index in [4.69, 9.17) is 19.6 Å². The third-order valence-corrected chi connectivity index (χ3v) is 2.44. The van der Waals surface area contributed by atoms with Crippen LogP contribution >= 0.6 is 0 Å². The maximum Gasteiger partial charge on any atom is 0.165 e. The highest BCUT2D eigenvalue weighted by molar-refractivity contribution is 5.29. The predicted molar refractivity (Wildman–Crippen MR) is 82.9 cm³/mol. The van der Waals surface area contributed by atoms with Crippen LogP contribution in [0.2, 0.25) is 0 Å². The summed E-state index contributed by atoms with van der Waals surface area (Å²) in [6.07, 6.45) is 0. The topological polar surface area (TPSA) is 36.9 Å². The lowest BCUT2D eigenvalue weighted by molar-refractivity contribution is -0.401. The minimum Gasteiger partial charge on any atom is -0.337 e. The van der Waals surface area contributed by atoms with Crippen molar-refractivity contribution in [2.45, 2.75) is 72.2 Å². The molecule has 0 aliphatic carbocycles. The van der Waals surface area contributed by atoms with Gasteiger partial charge in [-0.2, -0.15) is 4.89 Å². The third kappa shape index (κ3) is 6.93. The van der Waals surface area contributed by atoms with Crippen LogP contribution in [-0.4, -0.2) is 11.2 Å². The van der Waals surface area contributed by atoms with Gasteiger partial charge in [-0.1, -0.05) is 12.1 Å². The summed E-state index contributed by atoms with van der Waals surface area (Å²) in [5.41, 5.74) is -0.242. The summed E-state index contributed by atoms with van der Waals surface area (Å²) in [6, 6.07) is 7.58. The highest BCUT2D eigenvalue weighted by Gasteiger charge is 2.26. The smallest absolute Gasteiger partial charge is 0.165 e. The van der Waals surface area contributed by atoms with Gasteiger partial charge in [-0.25, -0.2) is 9.78 Å². The quantitative estimate of drug-likeness (QED) is 0.579. The molecule has 0 aliphatic heterocycles. The van der Waals surface area contributed by atoms with Gasteiger partial charge in [0.25, 0.3) is 0 Å². The summed E-state index contributed by atoms with van der Waals surface area (Å²) < 4.78 is 0. The van der Waals surface area contributed by atoms with E-state index in [1.807, 2.05) is 79.7 Å². The van der Waals surface area contributed by atoms with Gasteiger partial charge in [-0.15, -0.1) is 0 Å². The molecule has 0 N–H and O–H groups in total. The van der Waals surface area contributed by atoms with Crippen molar-refractivity contribution in [3.63, 3.8) is 0 Å². The Balaban J connectivity index is 2.68. The molecule has 120 valence electrons. The second kappa shape index (κ2) is 6.34. The zero-order chi connectivity index (χ0) is 16.3. The molecule has 0 radical (unpaired) electrons. The first-order chi connectivity index (χ1) is 9.39. The Kier molecular flexibility index (Phi) is 5.42. The lowest BCUT2D eigenvalue weighted by Gasteiger charge is -2.29. The molecule has 0 heterocycles. The van der Waals surface area contributed by atoms with Gasteiger partial charge in [-0.3, -0.25) is 0 Å². The van der Waals surface area contributed by atoms with Crippen LogP contribution in [0.15, 0.2) is 24.3 Å². The van der Waals surface area contributed by atoms with Gasteiger partial charge in [-0.05, 0) is 73.1 Å². The van der Waals surface area contributed by atoms with Crippen LogP contribution in [0.5, 0.6) is 5.75 Å². The fraction of sp³-hybridized carbons (Fsp3) is 0.647. The Hall–Kier alpha value is -1.10. The molecule has 0 bridgehead atoms. The minimum absolute atomic E-state index is 0.346. The summed E-state index contributed by atoms with van der Waals surface area (Å²) in [6.45, 7) is 15.6. The number of hydrogen-bond acceptors (Lipinski definition) is 4. The van der Waals surface area contributed by atoms with E-state index in [1.165, 1.54) is 0 Å². The average Bonchev–Trinajstić information content (AvgIpc) is 2.33. The summed E-state index contributed by atoms with van der Waals surface area (Å²) in [4.78, 5) is 21.5. The van der Waals surface area contributed by atoms with Crippen molar-refractivity contribution in [2.24, 2.45) is 0 Å². The molecule has 1 aromatic carbocycles. The van der Waals surface area contributed by atoms with Crippen LogP contribution in [-0.2, 0) is 20.3 Å². The molecule has 1 rings (SSSR count). The van der Waals surface area contributed by atoms with Gasteiger partial charge in [0.05, 0.1) is 5.60 Å². The molecule has 0 aliphatic rings. The number of benzene rings is 1. The SMILES string of the molecule is CC(C)(C)OOc1ccc(C(C)(C)OOC(C)(C)C)cc1. The van der Waals surface area contributed by atoms with Crippen molar-refractivity contribution >= 4 is 0 Å². The molecule has 1 aromatic rings. The molecule has 21 heavy (non-hydrogen) atoms. The first kappa shape index (κ1) is 18.0. The maximum absolute atomic E-state index is 5.56. The van der Waals surface area contributed by atoms with E-state index in [0.29, 0.717) is 5.75 Å². The lowest BCUT2D eigenvalue weighted by Crippen LogP contribution is -2.28. The van der Waals surface area contributed by atoms with Crippen LogP contribution in [0.4, 0.5) is 0 Å². The van der Waals surface area contributed by atoms with Gasteiger partial charge in [0, 0.05) is 0 Å². The van der Waals surface area contributed by atoms with Crippen LogP contribution in [0, 0.1) is 0 Å². The van der Waals surface area contributed by atoms with Gasteiger partial charge >= 0.3 is 0 Å². The molecular formula is C17H28O4. The number of rotatable bonds is 5. The third-order valence-electron chi connectivity index (χ3n) is 2.44. The Morgan fingerprint density at radius 3 is 1.52 bits per heavy atom. The zero-order valence-corrected chi connectivity index (χ0v) is 14.4. The highest BCUT2D eigenvalue weighted by Crippen LogP contribution is 2.28. The van der Waals surface area contributed by atoms with E-state index in [0.717, 1.165) is 5.56 Å². The van der Waals surface area contributed by atoms with Crippen molar-refractivity contribution in [2.75, 3.05) is 0 Å². The molecule has 0 fully saturated rings. The molecule has 0 saturated heterocycles. The second-order valence-electron chi connectivity index (χ2n) is 7.59. The minimum atomic E-state index is -0.545. The summed E-state index contributed by atoms with van der Waals surface area (Å²) in [5.74, 6) is 0.654. The number of hydrogen-bond donors (Lipinski definition) is 0. The van der Waals surface area contributed by atoms with E-state index in [-0.39, 0.29) is 11.2 Å². The largest absolute Gasteiger partial charge is 0.337 e. The molecule has 0 saturated carbocycles. The molecule has 0 aromatic heterocycles. The molecule has 4 nitrogen and oxygen atoms in total. The molecule has 4 heteroatoms. The van der Waals surface area contributed by atoms with E-state index in [9.17, 15) is 0 Å². The van der Waals surface area contributed by atoms with Crippen molar-refractivity contribution in [1.29, 1.82) is 0 Å². The second-order valence-corrected chi connectivity index (χ2v) is 7.59. The van der Waals surface area contributed by atoms with Crippen LogP contribution in [0.3, 0.4) is 0 Å². The van der Waals surface area contributed by atoms with Gasteiger partial charge in [0.15, 0.2) is 5.75 Å². The zero-order valence-electron chi connectivity index (χ0n) is 14.4. The fourth-order valence-electron chi connectivity index (χ4n) is 1.36. The first-order valence-corrected chi connectivity index (χ1v) is 7.22. The average molecular weight is 296 g/mol. The predicted octanol–water partition coefficient (Wildman–Crippen LogP) is 4.78. The van der Waals surface area contributed by atoms with E-state index in [2.05, 4.69) is 0 Å². The highest BCUT2D eigenvalue weighted by atomic mass is 17.2. The van der Waals surface area contributed by atoms with Crippen LogP contribution < -0.4 is 4.89 Å². The molecule has 0 spiro atoms. The van der Waals surface area contributed by atoms with E-state index >= 15 is 0 Å². The molecular weight excluding hydrogens is 268 g/mol. The van der Waals surface area contributed by atoms with Gasteiger partial charge in [0.1, 0.15) is 11.2 Å². The summed E-state index contributed by atoms with van der Waals surface area (Å²) in [7, 11) is 0. The van der Waals surface area contributed by atoms with Crippen molar-refractivity contribution in [1.82, 2.24) is 0 Å². The van der Waals surface area contributed by atoms with Crippen LogP contribution in [0.1, 0.15) is 61.0 Å². The van der Waals surface area contributed by atoms with E-state index < -0.39 is 5.60 Å². The Bertz CT molecular complexity index is 435. The monoisotopic (exact) mass is 296 g/mol. The molecule has 0 amide bonds. The Morgan fingerprint density at radius 1 is 0.619 bits per heavy atom. The molecule has 0 unspecified atom stereocenters. The first-order valence-electron chi connectivity index (χ1n) is 7.22. The van der Waals surface area contributed by atoms with Crippen LogP contribution in [0.25, 0.3) is 0 Å².